The number of aryl methyl sites for hydroxylation is 1. The molecule has 0 fully saturated rings. The SMILES string of the molecule is CCCC(C)NCCn1ccc2c(C)cccc21. The molecule has 1 aromatic carbocycles. The summed E-state index contributed by atoms with van der Waals surface area (Å²) in [6.45, 7) is 8.76. The highest BCUT2D eigenvalue weighted by Gasteiger charge is 2.03. The first kappa shape index (κ1) is 13.2. The van der Waals surface area contributed by atoms with Gasteiger partial charge in [-0.2, -0.15) is 0 Å². The largest absolute Gasteiger partial charge is 0.346 e. The van der Waals surface area contributed by atoms with Crippen LogP contribution in [0, 0.1) is 6.92 Å². The number of aromatic nitrogens is 1. The Morgan fingerprint density at radius 3 is 2.89 bits per heavy atom. The van der Waals surface area contributed by atoms with Crippen LogP contribution < -0.4 is 5.32 Å². The summed E-state index contributed by atoms with van der Waals surface area (Å²) in [5.74, 6) is 0. The summed E-state index contributed by atoms with van der Waals surface area (Å²) < 4.78 is 2.34. The van der Waals surface area contributed by atoms with E-state index >= 15 is 0 Å². The Labute approximate surface area is 110 Å². The highest BCUT2D eigenvalue weighted by molar-refractivity contribution is 5.83. The number of nitrogens with zero attached hydrogens (tertiary/aromatic N) is 1. The molecule has 1 heterocycles. The highest BCUT2D eigenvalue weighted by Crippen LogP contribution is 2.19. The minimum Gasteiger partial charge on any atom is -0.346 e. The maximum Gasteiger partial charge on any atom is 0.0483 e. The Balaban J connectivity index is 1.98. The maximum absolute atomic E-state index is 3.58. The first-order valence-electron chi connectivity index (χ1n) is 7.00. The quantitative estimate of drug-likeness (QED) is 0.819. The van der Waals surface area contributed by atoms with Gasteiger partial charge in [0.05, 0.1) is 0 Å². The van der Waals surface area contributed by atoms with E-state index in [9.17, 15) is 0 Å². The van der Waals surface area contributed by atoms with E-state index in [-0.39, 0.29) is 0 Å². The van der Waals surface area contributed by atoms with Crippen molar-refractivity contribution in [1.29, 1.82) is 0 Å². The zero-order valence-corrected chi connectivity index (χ0v) is 11.7. The summed E-state index contributed by atoms with van der Waals surface area (Å²) in [6.07, 6.45) is 4.70. The minimum absolute atomic E-state index is 0.624. The molecule has 0 amide bonds. The van der Waals surface area contributed by atoms with Gasteiger partial charge < -0.3 is 9.88 Å². The third kappa shape index (κ3) is 2.94. The van der Waals surface area contributed by atoms with E-state index in [0.717, 1.165) is 13.1 Å². The number of benzene rings is 1. The molecule has 98 valence electrons. The van der Waals surface area contributed by atoms with Gasteiger partial charge in [-0.05, 0) is 38.0 Å². The summed E-state index contributed by atoms with van der Waals surface area (Å²) >= 11 is 0. The van der Waals surface area contributed by atoms with Crippen molar-refractivity contribution in [2.24, 2.45) is 0 Å². The second-order valence-corrected chi connectivity index (χ2v) is 5.16. The molecule has 18 heavy (non-hydrogen) atoms. The fraction of sp³-hybridized carbons (Fsp3) is 0.500. The Hall–Kier alpha value is -1.28. The summed E-state index contributed by atoms with van der Waals surface area (Å²) in [7, 11) is 0. The number of fused-ring (bicyclic) bond motifs is 1. The lowest BCUT2D eigenvalue weighted by Crippen LogP contribution is -2.29. The van der Waals surface area contributed by atoms with Crippen LogP contribution in [0.25, 0.3) is 10.9 Å². The predicted octanol–water partition coefficient (Wildman–Crippen LogP) is 3.73. The second kappa shape index (κ2) is 6.05. The lowest BCUT2D eigenvalue weighted by Gasteiger charge is -2.13. The summed E-state index contributed by atoms with van der Waals surface area (Å²) in [4.78, 5) is 0. The van der Waals surface area contributed by atoms with Gasteiger partial charge in [-0.15, -0.1) is 0 Å². The van der Waals surface area contributed by atoms with E-state index < -0.39 is 0 Å². The first-order valence-corrected chi connectivity index (χ1v) is 7.00. The topological polar surface area (TPSA) is 17.0 Å². The van der Waals surface area contributed by atoms with E-state index in [1.165, 1.54) is 29.3 Å². The number of hydrogen-bond acceptors (Lipinski definition) is 1. The average Bonchev–Trinajstić information content (AvgIpc) is 2.75. The van der Waals surface area contributed by atoms with E-state index in [1.807, 2.05) is 0 Å². The lowest BCUT2D eigenvalue weighted by atomic mass is 10.1. The van der Waals surface area contributed by atoms with Crippen LogP contribution in [0.5, 0.6) is 0 Å². The Morgan fingerprint density at radius 2 is 2.11 bits per heavy atom. The molecular weight excluding hydrogens is 220 g/mol. The molecule has 0 saturated heterocycles. The van der Waals surface area contributed by atoms with Crippen molar-refractivity contribution >= 4 is 10.9 Å². The highest BCUT2D eigenvalue weighted by atomic mass is 15.0. The first-order chi connectivity index (χ1) is 8.72. The van der Waals surface area contributed by atoms with Gasteiger partial charge in [-0.3, -0.25) is 0 Å². The fourth-order valence-corrected chi connectivity index (χ4v) is 2.54. The molecule has 0 spiro atoms. The fourth-order valence-electron chi connectivity index (χ4n) is 2.54. The average molecular weight is 244 g/mol. The van der Waals surface area contributed by atoms with Crippen LogP contribution in [-0.2, 0) is 6.54 Å². The van der Waals surface area contributed by atoms with Gasteiger partial charge in [0.15, 0.2) is 0 Å². The van der Waals surface area contributed by atoms with Crippen LogP contribution in [-0.4, -0.2) is 17.2 Å². The van der Waals surface area contributed by atoms with Crippen LogP contribution in [0.1, 0.15) is 32.3 Å². The molecule has 1 atom stereocenters. The van der Waals surface area contributed by atoms with Crippen LogP contribution in [0.15, 0.2) is 30.5 Å². The monoisotopic (exact) mass is 244 g/mol. The van der Waals surface area contributed by atoms with Crippen molar-refractivity contribution in [2.75, 3.05) is 6.54 Å². The normalized spacial score (nSPS) is 13.1. The van der Waals surface area contributed by atoms with Gasteiger partial charge in [-0.1, -0.05) is 25.5 Å². The van der Waals surface area contributed by atoms with Gasteiger partial charge >= 0.3 is 0 Å². The third-order valence-electron chi connectivity index (χ3n) is 3.60. The van der Waals surface area contributed by atoms with E-state index in [4.69, 9.17) is 0 Å². The van der Waals surface area contributed by atoms with Gasteiger partial charge in [-0.25, -0.2) is 0 Å². The van der Waals surface area contributed by atoms with Crippen molar-refractivity contribution in [3.63, 3.8) is 0 Å². The molecular formula is C16H24N2. The molecule has 2 rings (SSSR count). The molecule has 0 aliphatic carbocycles. The molecule has 0 aliphatic rings. The Morgan fingerprint density at radius 1 is 1.28 bits per heavy atom. The van der Waals surface area contributed by atoms with Crippen molar-refractivity contribution in [3.05, 3.63) is 36.0 Å². The van der Waals surface area contributed by atoms with Crippen LogP contribution in [0.2, 0.25) is 0 Å². The van der Waals surface area contributed by atoms with Crippen molar-refractivity contribution in [3.8, 4) is 0 Å². The number of rotatable bonds is 6. The molecule has 1 N–H and O–H groups in total. The van der Waals surface area contributed by atoms with E-state index in [2.05, 4.69) is 61.1 Å². The molecule has 2 nitrogen and oxygen atoms in total. The third-order valence-corrected chi connectivity index (χ3v) is 3.60. The van der Waals surface area contributed by atoms with E-state index in [1.54, 1.807) is 0 Å². The lowest BCUT2D eigenvalue weighted by molar-refractivity contribution is 0.489. The predicted molar refractivity (Wildman–Crippen MR) is 79.0 cm³/mol. The van der Waals surface area contributed by atoms with Crippen molar-refractivity contribution in [1.82, 2.24) is 9.88 Å². The smallest absolute Gasteiger partial charge is 0.0483 e. The van der Waals surface area contributed by atoms with Gasteiger partial charge in [0.25, 0.3) is 0 Å². The Bertz CT molecular complexity index is 499. The van der Waals surface area contributed by atoms with Crippen LogP contribution in [0.3, 0.4) is 0 Å². The zero-order chi connectivity index (χ0) is 13.0. The van der Waals surface area contributed by atoms with Crippen LogP contribution in [0.4, 0.5) is 0 Å². The molecule has 2 heteroatoms. The number of nitrogens with one attached hydrogen (secondary N) is 1. The molecule has 0 bridgehead atoms. The maximum atomic E-state index is 3.58. The van der Waals surface area contributed by atoms with Gasteiger partial charge in [0, 0.05) is 36.2 Å². The standard InChI is InChI=1S/C16H24N2/c1-4-6-14(3)17-10-12-18-11-9-15-13(2)7-5-8-16(15)18/h5,7-9,11,14,17H,4,6,10,12H2,1-3H3. The van der Waals surface area contributed by atoms with Crippen molar-refractivity contribution < 1.29 is 0 Å². The zero-order valence-electron chi connectivity index (χ0n) is 11.7. The van der Waals surface area contributed by atoms with Crippen molar-refractivity contribution in [2.45, 2.75) is 46.2 Å². The minimum atomic E-state index is 0.624. The Kier molecular flexibility index (Phi) is 4.43. The van der Waals surface area contributed by atoms with E-state index in [0.29, 0.717) is 6.04 Å². The molecule has 2 aromatic rings. The summed E-state index contributed by atoms with van der Waals surface area (Å²) in [5, 5.41) is 4.95. The molecule has 0 aliphatic heterocycles. The molecule has 0 saturated carbocycles. The van der Waals surface area contributed by atoms with Gasteiger partial charge in [0.1, 0.15) is 0 Å². The molecule has 0 radical (unpaired) electrons. The molecule has 1 aromatic heterocycles. The summed E-state index contributed by atoms with van der Waals surface area (Å²) in [5.41, 5.74) is 2.71. The summed E-state index contributed by atoms with van der Waals surface area (Å²) in [6, 6.07) is 9.37. The number of hydrogen-bond donors (Lipinski definition) is 1. The molecule has 1 unspecified atom stereocenters. The second-order valence-electron chi connectivity index (χ2n) is 5.16. The van der Waals surface area contributed by atoms with Gasteiger partial charge in [0.2, 0.25) is 0 Å². The van der Waals surface area contributed by atoms with Crippen LogP contribution >= 0.6 is 0 Å².